The summed E-state index contributed by atoms with van der Waals surface area (Å²) in [6.45, 7) is 0. The number of hydrogen-bond acceptors (Lipinski definition) is 2. The van der Waals surface area contributed by atoms with Crippen LogP contribution in [0.4, 0.5) is 0 Å². The van der Waals surface area contributed by atoms with E-state index in [0.717, 1.165) is 38.9 Å². The first-order chi connectivity index (χ1) is 17.5. The van der Waals surface area contributed by atoms with Gasteiger partial charge in [0, 0.05) is 0 Å². The fourth-order valence-electron chi connectivity index (χ4n) is 4.28. The fourth-order valence-corrected chi connectivity index (χ4v) is 4.28. The summed E-state index contributed by atoms with van der Waals surface area (Å²) in [4.78, 5) is 23.1. The van der Waals surface area contributed by atoms with Gasteiger partial charge in [-0.15, -0.1) is 0 Å². The molecular weight excluding hydrogens is 448 g/mol. The maximum atomic E-state index is 12.0. The molecular formula is C32H22O4. The number of benzene rings is 5. The Balaban J connectivity index is 1.47. The molecule has 0 radical (unpaired) electrons. The molecule has 0 aliphatic heterocycles. The number of carbonyl (C=O) groups is 2. The molecule has 0 saturated heterocycles. The quantitative estimate of drug-likeness (QED) is 0.266. The molecule has 5 aromatic rings. The summed E-state index contributed by atoms with van der Waals surface area (Å²) in [5, 5.41) is 18.9. The van der Waals surface area contributed by atoms with Gasteiger partial charge in [-0.3, -0.25) is 0 Å². The molecule has 0 atom stereocenters. The van der Waals surface area contributed by atoms with Crippen LogP contribution in [0.25, 0.3) is 44.5 Å². The maximum Gasteiger partial charge on any atom is 0.336 e. The van der Waals surface area contributed by atoms with Crippen molar-refractivity contribution in [2.75, 3.05) is 0 Å². The molecule has 0 fully saturated rings. The standard InChI is InChI=1S/C32H22O4/c33-31(34)27-16-12-24(13-17-27)23-6-8-25(9-7-23)28-18-19-29(32(35)36)30(20-28)26-14-10-22(11-15-26)21-4-2-1-3-5-21/h1-20H,(H,33,34)(H,35,36). The van der Waals surface area contributed by atoms with E-state index >= 15 is 0 Å². The third-order valence-electron chi connectivity index (χ3n) is 6.24. The summed E-state index contributed by atoms with van der Waals surface area (Å²) in [5.74, 6) is -1.92. The Bertz CT molecular complexity index is 1530. The van der Waals surface area contributed by atoms with Gasteiger partial charge in [0.2, 0.25) is 0 Å². The van der Waals surface area contributed by atoms with E-state index in [1.165, 1.54) is 0 Å². The van der Waals surface area contributed by atoms with Crippen LogP contribution in [0.3, 0.4) is 0 Å². The highest BCUT2D eigenvalue weighted by atomic mass is 16.4. The van der Waals surface area contributed by atoms with Crippen LogP contribution in [0.15, 0.2) is 121 Å². The lowest BCUT2D eigenvalue weighted by atomic mass is 9.92. The predicted molar refractivity (Wildman–Crippen MR) is 142 cm³/mol. The molecule has 36 heavy (non-hydrogen) atoms. The van der Waals surface area contributed by atoms with Crippen LogP contribution in [-0.4, -0.2) is 22.2 Å². The van der Waals surface area contributed by atoms with Gasteiger partial charge in [0.25, 0.3) is 0 Å². The van der Waals surface area contributed by atoms with E-state index in [1.807, 2.05) is 91.0 Å². The molecule has 0 aromatic heterocycles. The molecule has 5 aromatic carbocycles. The van der Waals surface area contributed by atoms with Gasteiger partial charge in [0.1, 0.15) is 0 Å². The van der Waals surface area contributed by atoms with Crippen LogP contribution in [-0.2, 0) is 0 Å². The first kappa shape index (κ1) is 22.8. The van der Waals surface area contributed by atoms with Crippen LogP contribution < -0.4 is 0 Å². The summed E-state index contributed by atoms with van der Waals surface area (Å²) < 4.78 is 0. The highest BCUT2D eigenvalue weighted by Crippen LogP contribution is 2.32. The van der Waals surface area contributed by atoms with E-state index in [0.29, 0.717) is 5.56 Å². The van der Waals surface area contributed by atoms with Gasteiger partial charge in [-0.2, -0.15) is 0 Å². The number of aromatic carboxylic acids is 2. The number of hydrogen-bond donors (Lipinski definition) is 2. The highest BCUT2D eigenvalue weighted by Gasteiger charge is 2.14. The molecule has 0 aliphatic carbocycles. The van der Waals surface area contributed by atoms with Gasteiger partial charge in [-0.1, -0.05) is 97.1 Å². The molecule has 0 unspecified atom stereocenters. The SMILES string of the molecule is O=C(O)c1ccc(-c2ccc(-c3ccc(C(=O)O)c(-c4ccc(-c5ccccc5)cc4)c3)cc2)cc1. The average molecular weight is 471 g/mol. The second kappa shape index (κ2) is 9.72. The van der Waals surface area contributed by atoms with E-state index in [1.54, 1.807) is 30.3 Å². The largest absolute Gasteiger partial charge is 0.478 e. The number of carboxylic acids is 2. The second-order valence-electron chi connectivity index (χ2n) is 8.47. The van der Waals surface area contributed by atoms with Crippen molar-refractivity contribution in [3.8, 4) is 44.5 Å². The molecule has 2 N–H and O–H groups in total. The van der Waals surface area contributed by atoms with Gasteiger partial charge in [-0.25, -0.2) is 9.59 Å². The minimum absolute atomic E-state index is 0.248. The van der Waals surface area contributed by atoms with Crippen LogP contribution >= 0.6 is 0 Å². The third-order valence-corrected chi connectivity index (χ3v) is 6.24. The van der Waals surface area contributed by atoms with Crippen LogP contribution in [0.2, 0.25) is 0 Å². The molecule has 0 aliphatic rings. The van der Waals surface area contributed by atoms with Gasteiger partial charge < -0.3 is 10.2 Å². The lowest BCUT2D eigenvalue weighted by Gasteiger charge is -2.12. The maximum absolute atomic E-state index is 12.0. The first-order valence-corrected chi connectivity index (χ1v) is 11.5. The Kier molecular flexibility index (Phi) is 6.16. The van der Waals surface area contributed by atoms with Gasteiger partial charge in [-0.05, 0) is 68.8 Å². The average Bonchev–Trinajstić information content (AvgIpc) is 2.93. The molecule has 174 valence electrons. The number of carboxylic acid groups (broad SMARTS) is 2. The van der Waals surface area contributed by atoms with Crippen molar-refractivity contribution in [1.29, 1.82) is 0 Å². The topological polar surface area (TPSA) is 74.6 Å². The lowest BCUT2D eigenvalue weighted by Crippen LogP contribution is -2.00. The zero-order valence-corrected chi connectivity index (χ0v) is 19.3. The fraction of sp³-hybridized carbons (Fsp3) is 0. The zero-order chi connectivity index (χ0) is 25.1. The smallest absolute Gasteiger partial charge is 0.336 e. The first-order valence-electron chi connectivity index (χ1n) is 11.5. The molecule has 0 heterocycles. The Morgan fingerprint density at radius 3 is 1.33 bits per heavy atom. The van der Waals surface area contributed by atoms with Crippen molar-refractivity contribution in [3.63, 3.8) is 0 Å². The van der Waals surface area contributed by atoms with Gasteiger partial charge >= 0.3 is 11.9 Å². The summed E-state index contributed by atoms with van der Waals surface area (Å²) in [7, 11) is 0. The Labute approximate surface area is 208 Å². The van der Waals surface area contributed by atoms with E-state index in [2.05, 4.69) is 0 Å². The molecule has 0 amide bonds. The minimum Gasteiger partial charge on any atom is -0.478 e. The number of rotatable bonds is 6. The monoisotopic (exact) mass is 470 g/mol. The molecule has 5 rings (SSSR count). The highest BCUT2D eigenvalue weighted by molar-refractivity contribution is 5.97. The van der Waals surface area contributed by atoms with Gasteiger partial charge in [0.15, 0.2) is 0 Å². The molecule has 4 heteroatoms. The second-order valence-corrected chi connectivity index (χ2v) is 8.47. The van der Waals surface area contributed by atoms with Crippen LogP contribution in [0.1, 0.15) is 20.7 Å². The molecule has 0 spiro atoms. The van der Waals surface area contributed by atoms with E-state index < -0.39 is 11.9 Å². The zero-order valence-electron chi connectivity index (χ0n) is 19.3. The molecule has 0 bridgehead atoms. The van der Waals surface area contributed by atoms with Gasteiger partial charge in [0.05, 0.1) is 11.1 Å². The van der Waals surface area contributed by atoms with Crippen molar-refractivity contribution < 1.29 is 19.8 Å². The van der Waals surface area contributed by atoms with Crippen LogP contribution in [0, 0.1) is 0 Å². The molecule has 0 saturated carbocycles. The predicted octanol–water partition coefficient (Wildman–Crippen LogP) is 7.75. The normalized spacial score (nSPS) is 10.7. The Morgan fingerprint density at radius 1 is 0.417 bits per heavy atom. The summed E-state index contributed by atoms with van der Waals surface area (Å²) >= 11 is 0. The summed E-state index contributed by atoms with van der Waals surface area (Å²) in [6, 6.07) is 38.0. The Hall–Kier alpha value is -4.96. The van der Waals surface area contributed by atoms with Crippen molar-refractivity contribution in [3.05, 3.63) is 132 Å². The van der Waals surface area contributed by atoms with E-state index in [9.17, 15) is 14.7 Å². The van der Waals surface area contributed by atoms with Crippen molar-refractivity contribution in [2.24, 2.45) is 0 Å². The van der Waals surface area contributed by atoms with Crippen molar-refractivity contribution in [1.82, 2.24) is 0 Å². The van der Waals surface area contributed by atoms with Crippen molar-refractivity contribution >= 4 is 11.9 Å². The summed E-state index contributed by atoms with van der Waals surface area (Å²) in [5.41, 5.74) is 7.93. The Morgan fingerprint density at radius 2 is 0.833 bits per heavy atom. The third kappa shape index (κ3) is 4.65. The van der Waals surface area contributed by atoms with E-state index in [-0.39, 0.29) is 11.1 Å². The minimum atomic E-state index is -0.969. The van der Waals surface area contributed by atoms with Crippen molar-refractivity contribution in [2.45, 2.75) is 0 Å². The molecule has 4 nitrogen and oxygen atoms in total. The summed E-state index contributed by atoms with van der Waals surface area (Å²) in [6.07, 6.45) is 0. The lowest BCUT2D eigenvalue weighted by molar-refractivity contribution is 0.0686. The van der Waals surface area contributed by atoms with E-state index in [4.69, 9.17) is 5.11 Å². The van der Waals surface area contributed by atoms with Crippen LogP contribution in [0.5, 0.6) is 0 Å².